The van der Waals surface area contributed by atoms with Crippen molar-refractivity contribution in [1.29, 1.82) is 0 Å². The number of primary amides is 1. The van der Waals surface area contributed by atoms with Crippen molar-refractivity contribution in [3.8, 4) is 5.75 Å². The number of hydrogen-bond donors (Lipinski definition) is 10. The number of nitrogen functional groups attached to an aromatic ring is 1. The van der Waals surface area contributed by atoms with E-state index in [-0.39, 0.29) is 68.9 Å². The molecule has 15 N–H and O–H groups in total. The van der Waals surface area contributed by atoms with Gasteiger partial charge in [0.25, 0.3) is 0 Å². The Bertz CT molecular complexity index is 7040. The number of carbonyl (C=O) groups is 10. The molecule has 30 nitrogen and oxygen atoms in total. The number of hydrogen-bond acceptors (Lipinski definition) is 27. The zero-order valence-corrected chi connectivity index (χ0v) is 89.7. The highest BCUT2D eigenvalue weighted by Gasteiger charge is 2.27. The Kier molecular flexibility index (Phi) is 41.1. The Hall–Kier alpha value is -16.4. The number of rotatable bonds is 17. The molecule has 0 saturated carbocycles. The van der Waals surface area contributed by atoms with E-state index in [2.05, 4.69) is 56.2 Å². The van der Waals surface area contributed by atoms with Crippen LogP contribution in [0, 0.1) is 41.5 Å². The van der Waals surface area contributed by atoms with Gasteiger partial charge in [0, 0.05) is 120 Å². The van der Waals surface area contributed by atoms with Gasteiger partial charge in [0.05, 0.1) is 136 Å². The highest BCUT2D eigenvalue weighted by Crippen LogP contribution is 2.36. The first-order chi connectivity index (χ1) is 69.1. The lowest BCUT2D eigenvalue weighted by Gasteiger charge is -2.22. The Balaban J connectivity index is 0.000000210. The zero-order chi connectivity index (χ0) is 109. The fourth-order valence-corrected chi connectivity index (χ4v) is 15.7. The maximum absolute atomic E-state index is 12.1. The molecule has 0 bridgehead atoms. The third kappa shape index (κ3) is 32.0. The van der Waals surface area contributed by atoms with E-state index < -0.39 is 11.7 Å². The van der Waals surface area contributed by atoms with Gasteiger partial charge in [-0.15, -0.1) is 0 Å². The van der Waals surface area contributed by atoms with Crippen LogP contribution >= 0.6 is 34.8 Å². The van der Waals surface area contributed by atoms with Crippen molar-refractivity contribution in [1.82, 2.24) is 10.6 Å². The number of phenols is 1. The number of anilines is 6. The lowest BCUT2D eigenvalue weighted by atomic mass is 9.94. The number of halogens is 3. The molecular weight excluding hydrogens is 1920 g/mol. The SMILES string of the molecule is CC(=O)NC1=C(C)C(=O)C(C)=CC1=Nc1ccc(N(C)C)cc1.CC1=CC(=Nc2cc(C)c(N)c(C)c2)C=C(C)C1=O.CC1=CC(=Nc2ccc(N(C)C)cc2)C(N)=C(C)C1=O.CCN(CC(N)=O)c1ccc(N=C2C=C(C)C(=O)C(C)=C2N)cc1Cl.CNc1ccc(N=C2C=C(C)C(=O)C=C2N)cc1C.CNc1ccc(N=C2C=C(C)C(=O)C=C2NC(C)=O)cc1C.Cc1cc(N=C2C=C(Cl)C(=O)C(Cl)=C2)cc(C)c1O. The van der Waals surface area contributed by atoms with Gasteiger partial charge < -0.3 is 69.7 Å². The fraction of sp³-hybridized carbons (Fsp3) is 0.237. The summed E-state index contributed by atoms with van der Waals surface area (Å²) < 4.78 is 0. The number of aryl methyl sites for hydroxylation is 6. The summed E-state index contributed by atoms with van der Waals surface area (Å²) >= 11 is 17.9. The number of allylic oxidation sites excluding steroid dienone is 23. The lowest BCUT2D eigenvalue weighted by molar-refractivity contribution is -0.119. The largest absolute Gasteiger partial charge is 0.507 e. The topological polar surface area (TPSA) is 465 Å². The van der Waals surface area contributed by atoms with E-state index >= 15 is 0 Å². The molecule has 0 atom stereocenters. The standard InChI is InChI=1S/C18H21ClN4O2.C18H21N3O2.C17H19N3O2.C16H19N3O.C16H18N2O.C15H17N3O.C14H11Cl2NO2/c1-4-23(9-16(20)24)15-6-5-12(8-13(15)19)22-14-7-10(2)18(25)11(3)17(14)21;1-11-10-16(17(19-13(3)22)12(2)18(11)23)20-14-6-8-15(9-7-14)21(4)5;1-10-7-13(5-6-14(10)18-4)20-15-8-11(2)17(22)9-16(15)19-12(3)21;1-10-9-14(15(17)11(2)16(10)20)18-12-5-7-13(8-6-12)19(3)4;1-9-5-13(6-10(2)15(9)17)18-14-7-11(3)16(19)12(4)8-14;1-9-6-11(4-5-13(9)17-3)18-14-7-10(2)15(19)8-12(14)16;1-7-3-9(4-8(2)13(7)18)17-10-5-11(15)14(19)12(16)6-10/h5-8H,4,9,21H2,1-3H3,(H2,20,24);6-10H,1-5H3,(H,19,22);5-9,18H,1-4H3,(H,19,21);5-9H,17H2,1-4H3;5-8H,17H2,1-4H3;4-8,17H,16H2,1-3H3;3-6,18H,1-2H3. The minimum Gasteiger partial charge on any atom is -0.507 e. The molecule has 0 radical (unpaired) electrons. The maximum atomic E-state index is 12.1. The summed E-state index contributed by atoms with van der Waals surface area (Å²) in [7, 11) is 11.7. The van der Waals surface area contributed by atoms with Gasteiger partial charge in [-0.2, -0.15) is 0 Å². The average Bonchev–Trinajstić information content (AvgIpc) is 0.790. The minimum absolute atomic E-state index is 0.00981. The third-order valence-corrected chi connectivity index (χ3v) is 24.2. The van der Waals surface area contributed by atoms with Crippen molar-refractivity contribution in [2.75, 3.05) is 86.4 Å². The maximum Gasteiger partial charge on any atom is 0.236 e. The number of Topliss-reactive ketones (excluding diaryl/α,β-unsaturated/α-hetero) is 5. The number of nitrogens with one attached hydrogen (secondary N) is 4. The summed E-state index contributed by atoms with van der Waals surface area (Å²) in [5.41, 5.74) is 58.3. The van der Waals surface area contributed by atoms with Gasteiger partial charge in [-0.1, -0.05) is 34.8 Å². The zero-order valence-electron chi connectivity index (χ0n) is 87.4. The molecule has 0 aromatic heterocycles. The van der Waals surface area contributed by atoms with E-state index in [0.717, 1.165) is 107 Å². The molecule has 7 aliphatic carbocycles. The Labute approximate surface area is 873 Å². The molecule has 0 heterocycles. The molecule has 0 aliphatic heterocycles. The molecule has 33 heteroatoms. The number of amides is 3. The van der Waals surface area contributed by atoms with Gasteiger partial charge in [0.15, 0.2) is 34.7 Å². The summed E-state index contributed by atoms with van der Waals surface area (Å²) in [6, 6.07) is 39.9. The van der Waals surface area contributed by atoms with Gasteiger partial charge in [0.2, 0.25) is 23.5 Å². The Morgan fingerprint density at radius 3 is 1.14 bits per heavy atom. The molecule has 147 heavy (non-hydrogen) atoms. The molecule has 0 fully saturated rings. The quantitative estimate of drug-likeness (QED) is 0.0299. The number of likely N-dealkylation sites (N-methyl/N-ethyl adjacent to an activating group) is 1. The number of nitrogens with zero attached hydrogens (tertiary/aromatic N) is 10. The lowest BCUT2D eigenvalue weighted by Crippen LogP contribution is -2.33. The molecule has 14 rings (SSSR count). The first-order valence-corrected chi connectivity index (χ1v) is 47.7. The van der Waals surface area contributed by atoms with Crippen molar-refractivity contribution in [3.63, 3.8) is 0 Å². The van der Waals surface area contributed by atoms with Crippen molar-refractivity contribution in [2.24, 2.45) is 57.9 Å². The second-order valence-corrected chi connectivity index (χ2v) is 36.9. The summed E-state index contributed by atoms with van der Waals surface area (Å²) in [5.74, 6) is -1.29. The fourth-order valence-electron chi connectivity index (χ4n) is 14.9. The number of aromatic hydroxyl groups is 1. The Morgan fingerprint density at radius 2 is 0.721 bits per heavy atom. The summed E-state index contributed by atoms with van der Waals surface area (Å²) in [6.45, 7) is 34.4. The summed E-state index contributed by atoms with van der Waals surface area (Å²) in [4.78, 5) is 153. The monoisotopic (exact) mass is 2040 g/mol. The van der Waals surface area contributed by atoms with E-state index in [1.54, 1.807) is 135 Å². The van der Waals surface area contributed by atoms with Crippen molar-refractivity contribution in [2.45, 2.75) is 132 Å². The predicted molar refractivity (Wildman–Crippen MR) is 603 cm³/mol. The molecule has 7 aromatic rings. The van der Waals surface area contributed by atoms with Crippen LogP contribution in [0.3, 0.4) is 0 Å². The van der Waals surface area contributed by atoms with Gasteiger partial charge in [0.1, 0.15) is 5.75 Å². The molecule has 3 amide bonds. The van der Waals surface area contributed by atoms with E-state index in [9.17, 15) is 53.1 Å². The Morgan fingerprint density at radius 1 is 0.367 bits per heavy atom. The number of ketones is 7. The second kappa shape index (κ2) is 52.2. The third-order valence-electron chi connectivity index (χ3n) is 23.3. The van der Waals surface area contributed by atoms with Crippen LogP contribution in [0.25, 0.3) is 0 Å². The second-order valence-electron chi connectivity index (χ2n) is 35.7. The number of phenolic OH excluding ortho intramolecular Hbond substituents is 1. The van der Waals surface area contributed by atoms with Crippen LogP contribution in [0.5, 0.6) is 5.75 Å². The molecular formula is C114H126Cl3N19O11. The average molecular weight is 2040 g/mol. The van der Waals surface area contributed by atoms with E-state index in [4.69, 9.17) is 63.5 Å². The number of aliphatic imine (C=N–C) groups is 7. The first-order valence-electron chi connectivity index (χ1n) is 46.6. The van der Waals surface area contributed by atoms with E-state index in [1.165, 1.54) is 38.2 Å². The van der Waals surface area contributed by atoms with Gasteiger partial charge in [-0.25, -0.2) is 34.9 Å². The smallest absolute Gasteiger partial charge is 0.236 e. The van der Waals surface area contributed by atoms with Gasteiger partial charge in [-0.05, 0) is 372 Å². The molecule has 0 spiro atoms. The van der Waals surface area contributed by atoms with Crippen LogP contribution in [-0.2, 0) is 47.9 Å². The van der Waals surface area contributed by atoms with Crippen LogP contribution in [0.1, 0.15) is 123 Å². The van der Waals surface area contributed by atoms with Crippen LogP contribution in [0.4, 0.5) is 73.9 Å². The van der Waals surface area contributed by atoms with Crippen molar-refractivity contribution < 1.29 is 53.1 Å². The van der Waals surface area contributed by atoms with E-state index in [0.29, 0.717) is 136 Å². The summed E-state index contributed by atoms with van der Waals surface area (Å²) in [5, 5.41) is 21.8. The normalized spacial score (nSPS) is 16.3. The first kappa shape index (κ1) is 116. The van der Waals surface area contributed by atoms with Crippen LogP contribution in [-0.4, -0.2) is 159 Å². The molecule has 0 unspecified atom stereocenters. The van der Waals surface area contributed by atoms with Crippen LogP contribution in [0.2, 0.25) is 5.02 Å². The van der Waals surface area contributed by atoms with Crippen LogP contribution < -0.4 is 64.6 Å². The van der Waals surface area contributed by atoms with Crippen LogP contribution in [0.15, 0.2) is 323 Å². The van der Waals surface area contributed by atoms with Crippen molar-refractivity contribution in [3.05, 3.63) is 327 Å². The number of nitrogens with two attached hydrogens (primary N) is 5. The van der Waals surface area contributed by atoms with Gasteiger partial charge in [-0.3, -0.25) is 47.9 Å². The van der Waals surface area contributed by atoms with E-state index in [1.807, 2.05) is 210 Å². The van der Waals surface area contributed by atoms with Gasteiger partial charge >= 0.3 is 0 Å². The molecule has 764 valence electrons. The number of carbonyl (C=O) groups excluding carboxylic acids is 10. The summed E-state index contributed by atoms with van der Waals surface area (Å²) in [6.07, 6.45) is 17.9. The highest BCUT2D eigenvalue weighted by atomic mass is 35.5. The molecule has 7 aliphatic rings. The number of benzene rings is 7. The minimum atomic E-state index is -0.428. The molecule has 7 aromatic carbocycles. The molecule has 0 saturated heterocycles. The predicted octanol–water partition coefficient (Wildman–Crippen LogP) is 20.3. The highest BCUT2D eigenvalue weighted by molar-refractivity contribution is 6.57. The van der Waals surface area contributed by atoms with Crippen molar-refractivity contribution >= 4 is 207 Å².